The standard InChI is InChI=1S/C21H31N3O3S.2H2O/c1-7-19(25)22-16-8-10-17(11-9-16)28-23-12-13-24(18(14-23)15(2)3)20(26)27-21(4,5)6;;/h7-11,15,18H,1,12-14H2,2-6H3,(H,22,25);2*1H2/t18-;;/m1../s1. The van der Waals surface area contributed by atoms with Gasteiger partial charge in [-0.2, -0.15) is 0 Å². The molecule has 8 nitrogen and oxygen atoms in total. The van der Waals surface area contributed by atoms with E-state index in [1.54, 1.807) is 11.9 Å². The average Bonchev–Trinajstić information content (AvgIpc) is 2.61. The van der Waals surface area contributed by atoms with E-state index in [1.807, 2.05) is 49.9 Å². The van der Waals surface area contributed by atoms with Gasteiger partial charge in [0.15, 0.2) is 0 Å². The van der Waals surface area contributed by atoms with Crippen molar-refractivity contribution in [3.63, 3.8) is 0 Å². The Labute approximate surface area is 183 Å². The fourth-order valence-electron chi connectivity index (χ4n) is 2.93. The van der Waals surface area contributed by atoms with Crippen molar-refractivity contribution < 1.29 is 25.3 Å². The quantitative estimate of drug-likeness (QED) is 0.555. The minimum absolute atomic E-state index is 0. The molecular weight excluding hydrogens is 406 g/mol. The summed E-state index contributed by atoms with van der Waals surface area (Å²) in [6, 6.07) is 7.81. The van der Waals surface area contributed by atoms with Crippen LogP contribution in [0.1, 0.15) is 34.6 Å². The van der Waals surface area contributed by atoms with Gasteiger partial charge in [-0.15, -0.1) is 0 Å². The Morgan fingerprint density at radius 3 is 2.30 bits per heavy atom. The molecular formula is C21H35N3O5S. The van der Waals surface area contributed by atoms with Crippen LogP contribution in [0.25, 0.3) is 0 Å². The molecule has 1 atom stereocenters. The van der Waals surface area contributed by atoms with E-state index in [2.05, 4.69) is 30.0 Å². The Morgan fingerprint density at radius 2 is 1.80 bits per heavy atom. The summed E-state index contributed by atoms with van der Waals surface area (Å²) < 4.78 is 7.87. The number of carbonyl (C=O) groups excluding carboxylic acids is 2. The normalized spacial score (nSPS) is 16.9. The maximum atomic E-state index is 12.6. The monoisotopic (exact) mass is 441 g/mol. The minimum Gasteiger partial charge on any atom is -0.444 e. The first kappa shape index (κ1) is 27.9. The lowest BCUT2D eigenvalue weighted by molar-refractivity contribution is -0.111. The van der Waals surface area contributed by atoms with Gasteiger partial charge in [0.05, 0.1) is 6.04 Å². The van der Waals surface area contributed by atoms with Crippen molar-refractivity contribution in [1.29, 1.82) is 0 Å². The lowest BCUT2D eigenvalue weighted by Gasteiger charge is -2.42. The first-order valence-electron chi connectivity index (χ1n) is 9.55. The summed E-state index contributed by atoms with van der Waals surface area (Å²) in [6.07, 6.45) is 1.01. The molecule has 0 radical (unpaired) electrons. The summed E-state index contributed by atoms with van der Waals surface area (Å²) in [6.45, 7) is 15.6. The number of anilines is 1. The smallest absolute Gasteiger partial charge is 0.410 e. The molecule has 0 spiro atoms. The summed E-state index contributed by atoms with van der Waals surface area (Å²) in [4.78, 5) is 26.9. The topological polar surface area (TPSA) is 125 Å². The Morgan fingerprint density at radius 1 is 1.20 bits per heavy atom. The van der Waals surface area contributed by atoms with Crippen LogP contribution < -0.4 is 5.32 Å². The first-order valence-corrected chi connectivity index (χ1v) is 10.3. The molecule has 170 valence electrons. The molecule has 5 N–H and O–H groups in total. The van der Waals surface area contributed by atoms with Gasteiger partial charge >= 0.3 is 6.09 Å². The van der Waals surface area contributed by atoms with Crippen LogP contribution in [0.2, 0.25) is 0 Å². The van der Waals surface area contributed by atoms with Crippen molar-refractivity contribution in [1.82, 2.24) is 9.21 Å². The number of hydrogen-bond acceptors (Lipinski definition) is 5. The molecule has 2 amide bonds. The predicted molar refractivity (Wildman–Crippen MR) is 121 cm³/mol. The molecule has 0 unspecified atom stereocenters. The molecule has 1 aliphatic rings. The van der Waals surface area contributed by atoms with Crippen LogP contribution in [0.15, 0.2) is 41.8 Å². The van der Waals surface area contributed by atoms with E-state index in [0.717, 1.165) is 23.7 Å². The van der Waals surface area contributed by atoms with E-state index in [4.69, 9.17) is 4.74 Å². The second-order valence-electron chi connectivity index (χ2n) is 8.18. The van der Waals surface area contributed by atoms with Gasteiger partial charge in [-0.05, 0) is 69.0 Å². The Kier molecular flexibility index (Phi) is 11.1. The van der Waals surface area contributed by atoms with E-state index < -0.39 is 5.60 Å². The third kappa shape index (κ3) is 8.35. The van der Waals surface area contributed by atoms with Crippen LogP contribution in [0.4, 0.5) is 10.5 Å². The zero-order chi connectivity index (χ0) is 20.9. The molecule has 1 aromatic carbocycles. The number of benzene rings is 1. The molecule has 1 saturated heterocycles. The van der Waals surface area contributed by atoms with Gasteiger partial charge < -0.3 is 25.9 Å². The van der Waals surface area contributed by atoms with E-state index in [1.165, 1.54) is 6.08 Å². The maximum absolute atomic E-state index is 12.6. The number of piperazine rings is 1. The highest BCUT2D eigenvalue weighted by Gasteiger charge is 2.35. The van der Waals surface area contributed by atoms with Crippen molar-refractivity contribution in [2.24, 2.45) is 5.92 Å². The fourth-order valence-corrected chi connectivity index (χ4v) is 3.88. The third-order valence-electron chi connectivity index (χ3n) is 4.32. The first-order chi connectivity index (χ1) is 13.1. The maximum Gasteiger partial charge on any atom is 0.410 e. The summed E-state index contributed by atoms with van der Waals surface area (Å²) >= 11 is 1.67. The van der Waals surface area contributed by atoms with E-state index in [9.17, 15) is 9.59 Å². The summed E-state index contributed by atoms with van der Waals surface area (Å²) in [5, 5.41) is 2.74. The molecule has 0 bridgehead atoms. The predicted octanol–water partition coefficient (Wildman–Crippen LogP) is 2.75. The molecule has 1 heterocycles. The molecule has 1 fully saturated rings. The average molecular weight is 442 g/mol. The summed E-state index contributed by atoms with van der Waals surface area (Å²) in [7, 11) is 0. The number of ether oxygens (including phenoxy) is 1. The van der Waals surface area contributed by atoms with Gasteiger partial charge in [0.1, 0.15) is 5.60 Å². The number of amides is 2. The lowest BCUT2D eigenvalue weighted by atomic mass is 10.0. The van der Waals surface area contributed by atoms with Gasteiger partial charge in [0.2, 0.25) is 5.91 Å². The fraction of sp³-hybridized carbons (Fsp3) is 0.524. The highest BCUT2D eigenvalue weighted by atomic mass is 32.2. The third-order valence-corrected chi connectivity index (χ3v) is 5.39. The van der Waals surface area contributed by atoms with Crippen LogP contribution in [0, 0.1) is 5.92 Å². The van der Waals surface area contributed by atoms with Crippen molar-refractivity contribution in [3.8, 4) is 0 Å². The summed E-state index contributed by atoms with van der Waals surface area (Å²) in [5.74, 6) is 0.103. The number of hydrogen-bond donors (Lipinski definition) is 1. The van der Waals surface area contributed by atoms with Gasteiger partial charge in [-0.1, -0.05) is 20.4 Å². The van der Waals surface area contributed by atoms with Crippen LogP contribution in [0.3, 0.4) is 0 Å². The Bertz CT molecular complexity index is 704. The molecule has 0 aliphatic carbocycles. The van der Waals surface area contributed by atoms with E-state index >= 15 is 0 Å². The number of nitrogens with one attached hydrogen (secondary N) is 1. The van der Waals surface area contributed by atoms with Crippen LogP contribution in [0.5, 0.6) is 0 Å². The number of nitrogens with zero attached hydrogens (tertiary/aromatic N) is 2. The van der Waals surface area contributed by atoms with Crippen molar-refractivity contribution in [2.75, 3.05) is 25.0 Å². The zero-order valence-corrected chi connectivity index (χ0v) is 19.2. The summed E-state index contributed by atoms with van der Waals surface area (Å²) in [5.41, 5.74) is 0.247. The van der Waals surface area contributed by atoms with E-state index in [0.29, 0.717) is 12.5 Å². The second-order valence-corrected chi connectivity index (χ2v) is 9.35. The zero-order valence-electron chi connectivity index (χ0n) is 18.4. The molecule has 1 aliphatic heterocycles. The molecule has 9 heteroatoms. The highest BCUT2D eigenvalue weighted by Crippen LogP contribution is 2.29. The minimum atomic E-state index is -0.493. The van der Waals surface area contributed by atoms with Crippen molar-refractivity contribution in [3.05, 3.63) is 36.9 Å². The van der Waals surface area contributed by atoms with Crippen LogP contribution in [-0.4, -0.2) is 63.4 Å². The van der Waals surface area contributed by atoms with Gasteiger partial charge in [0, 0.05) is 30.2 Å². The van der Waals surface area contributed by atoms with Crippen LogP contribution >= 0.6 is 11.9 Å². The van der Waals surface area contributed by atoms with Gasteiger partial charge in [-0.25, -0.2) is 9.10 Å². The number of rotatable bonds is 5. The molecule has 2 rings (SSSR count). The van der Waals surface area contributed by atoms with Gasteiger partial charge in [-0.3, -0.25) is 4.79 Å². The second kappa shape index (κ2) is 11.9. The lowest BCUT2D eigenvalue weighted by Crippen LogP contribution is -2.56. The highest BCUT2D eigenvalue weighted by molar-refractivity contribution is 7.97. The van der Waals surface area contributed by atoms with E-state index in [-0.39, 0.29) is 29.0 Å². The molecule has 1 aromatic rings. The molecule has 30 heavy (non-hydrogen) atoms. The SMILES string of the molecule is C=CC(=O)Nc1ccc(SN2CCN(C(=O)OC(C)(C)C)[C@@H](C(C)C)C2)cc1.O.O. The number of carbonyl (C=O) groups is 2. The van der Waals surface area contributed by atoms with Crippen molar-refractivity contribution >= 4 is 29.6 Å². The van der Waals surface area contributed by atoms with Crippen molar-refractivity contribution in [2.45, 2.75) is 51.2 Å². The molecule has 0 aromatic heterocycles. The largest absolute Gasteiger partial charge is 0.444 e. The Balaban J connectivity index is 0.00000420. The van der Waals surface area contributed by atoms with Gasteiger partial charge in [0.25, 0.3) is 0 Å². The molecule has 0 saturated carbocycles. The Hall–Kier alpha value is -2.07. The van der Waals surface area contributed by atoms with Crippen LogP contribution in [-0.2, 0) is 9.53 Å².